The highest BCUT2D eigenvalue weighted by molar-refractivity contribution is 7.58. The molecule has 7 nitrogen and oxygen atoms in total. The Kier molecular flexibility index (Phi) is 7.26. The summed E-state index contributed by atoms with van der Waals surface area (Å²) in [6.45, 7) is 3.66. The molecule has 8 heteroatoms. The SMILES string of the molecule is CC(C)CC(CP(=O)(O)CCC(N)C(=O)O)C(=O)O. The molecule has 0 aromatic carbocycles. The summed E-state index contributed by atoms with van der Waals surface area (Å²) in [5.41, 5.74) is 5.25. The van der Waals surface area contributed by atoms with Crippen molar-refractivity contribution in [3.05, 3.63) is 0 Å². The first kappa shape index (κ1) is 18.1. The Morgan fingerprint density at radius 1 is 1.21 bits per heavy atom. The van der Waals surface area contributed by atoms with Gasteiger partial charge in [0, 0.05) is 12.3 Å². The smallest absolute Gasteiger partial charge is 0.320 e. The molecule has 0 aromatic heterocycles. The third kappa shape index (κ3) is 7.97. The van der Waals surface area contributed by atoms with Gasteiger partial charge in [0.05, 0.1) is 5.92 Å². The van der Waals surface area contributed by atoms with Gasteiger partial charge in [0.1, 0.15) is 6.04 Å². The molecule has 3 unspecified atom stereocenters. The number of nitrogens with two attached hydrogens (primary N) is 1. The number of hydrogen-bond acceptors (Lipinski definition) is 4. The van der Waals surface area contributed by atoms with Crippen molar-refractivity contribution >= 4 is 19.3 Å². The van der Waals surface area contributed by atoms with E-state index >= 15 is 0 Å². The van der Waals surface area contributed by atoms with E-state index in [9.17, 15) is 19.0 Å². The summed E-state index contributed by atoms with van der Waals surface area (Å²) in [7, 11) is -3.68. The van der Waals surface area contributed by atoms with E-state index in [2.05, 4.69) is 0 Å². The largest absolute Gasteiger partial charge is 0.481 e. The number of carboxylic acid groups (broad SMARTS) is 2. The maximum absolute atomic E-state index is 11.9. The van der Waals surface area contributed by atoms with Gasteiger partial charge in [0.2, 0.25) is 7.37 Å². The van der Waals surface area contributed by atoms with E-state index in [0.717, 1.165) is 0 Å². The molecule has 0 fully saturated rings. The van der Waals surface area contributed by atoms with Crippen LogP contribution in [-0.4, -0.2) is 45.4 Å². The Morgan fingerprint density at radius 3 is 2.11 bits per heavy atom. The molecule has 0 rings (SSSR count). The average Bonchev–Trinajstić information content (AvgIpc) is 2.23. The average molecular weight is 295 g/mol. The minimum Gasteiger partial charge on any atom is -0.481 e. The summed E-state index contributed by atoms with van der Waals surface area (Å²) in [6, 6.07) is -1.20. The molecule has 0 saturated carbocycles. The molecular formula is C11H22NO6P. The first-order valence-electron chi connectivity index (χ1n) is 6.07. The monoisotopic (exact) mass is 295 g/mol. The van der Waals surface area contributed by atoms with E-state index in [4.69, 9.17) is 15.9 Å². The van der Waals surface area contributed by atoms with Crippen molar-refractivity contribution in [3.8, 4) is 0 Å². The van der Waals surface area contributed by atoms with Crippen molar-refractivity contribution in [2.45, 2.75) is 32.7 Å². The number of carboxylic acids is 2. The second-order valence-electron chi connectivity index (χ2n) is 5.15. The molecule has 0 aliphatic rings. The zero-order valence-electron chi connectivity index (χ0n) is 11.2. The second kappa shape index (κ2) is 7.62. The van der Waals surface area contributed by atoms with Gasteiger partial charge in [-0.2, -0.15) is 0 Å². The van der Waals surface area contributed by atoms with Gasteiger partial charge in [-0.3, -0.25) is 14.2 Å². The number of hydrogen-bond donors (Lipinski definition) is 4. The summed E-state index contributed by atoms with van der Waals surface area (Å²) in [6.07, 6.45) is -0.447. The molecule has 3 atom stereocenters. The maximum Gasteiger partial charge on any atom is 0.320 e. The molecule has 0 amide bonds. The molecule has 0 aromatic rings. The van der Waals surface area contributed by atoms with Crippen LogP contribution in [0.15, 0.2) is 0 Å². The second-order valence-corrected chi connectivity index (χ2v) is 7.66. The highest BCUT2D eigenvalue weighted by Gasteiger charge is 2.30. The standard InChI is InChI=1S/C11H22NO6P/c1-7(2)5-8(10(13)14)6-19(17,18)4-3-9(12)11(15)16/h7-9H,3-6,12H2,1-2H3,(H,13,14)(H,15,16)(H,17,18). The fourth-order valence-electron chi connectivity index (χ4n) is 1.72. The van der Waals surface area contributed by atoms with Gasteiger partial charge in [-0.25, -0.2) is 0 Å². The lowest BCUT2D eigenvalue weighted by Crippen LogP contribution is -2.31. The van der Waals surface area contributed by atoms with Crippen LogP contribution < -0.4 is 5.73 Å². The predicted octanol–water partition coefficient (Wildman–Crippen LogP) is 0.806. The molecule has 0 saturated heterocycles. The van der Waals surface area contributed by atoms with Crippen LogP contribution >= 0.6 is 7.37 Å². The van der Waals surface area contributed by atoms with Crippen LogP contribution in [0.3, 0.4) is 0 Å². The number of rotatable bonds is 9. The van der Waals surface area contributed by atoms with Crippen molar-refractivity contribution in [3.63, 3.8) is 0 Å². The van der Waals surface area contributed by atoms with Crippen LogP contribution in [0, 0.1) is 11.8 Å². The normalized spacial score (nSPS) is 17.7. The first-order chi connectivity index (χ1) is 8.55. The Labute approximate surface area is 112 Å². The van der Waals surface area contributed by atoms with Crippen molar-refractivity contribution in [1.82, 2.24) is 0 Å². The minimum absolute atomic E-state index is 0.0994. The minimum atomic E-state index is -3.68. The van der Waals surface area contributed by atoms with Crippen molar-refractivity contribution in [1.29, 1.82) is 0 Å². The number of aliphatic carboxylic acids is 2. The molecule has 0 aliphatic carbocycles. The lowest BCUT2D eigenvalue weighted by Gasteiger charge is -2.19. The molecule has 19 heavy (non-hydrogen) atoms. The molecule has 0 radical (unpaired) electrons. The van der Waals surface area contributed by atoms with E-state index in [-0.39, 0.29) is 24.7 Å². The molecular weight excluding hydrogens is 273 g/mol. The van der Waals surface area contributed by atoms with E-state index in [1.807, 2.05) is 13.8 Å². The van der Waals surface area contributed by atoms with E-state index < -0.39 is 31.3 Å². The fraction of sp³-hybridized carbons (Fsp3) is 0.818. The third-order valence-corrected chi connectivity index (χ3v) is 4.69. The predicted molar refractivity (Wildman–Crippen MR) is 70.4 cm³/mol. The Hall–Kier alpha value is -0.910. The van der Waals surface area contributed by atoms with E-state index in [1.54, 1.807) is 0 Å². The molecule has 0 heterocycles. The molecule has 0 bridgehead atoms. The van der Waals surface area contributed by atoms with Crippen LogP contribution in [0.4, 0.5) is 0 Å². The lowest BCUT2D eigenvalue weighted by atomic mass is 9.99. The Balaban J connectivity index is 4.51. The molecule has 5 N–H and O–H groups in total. The van der Waals surface area contributed by atoms with Gasteiger partial charge >= 0.3 is 11.9 Å². The summed E-state index contributed by atoms with van der Waals surface area (Å²) >= 11 is 0. The first-order valence-corrected chi connectivity index (χ1v) is 8.10. The zero-order chi connectivity index (χ0) is 15.2. The Morgan fingerprint density at radius 2 is 1.74 bits per heavy atom. The fourth-order valence-corrected chi connectivity index (χ4v) is 3.58. The van der Waals surface area contributed by atoms with Crippen LogP contribution in [0.25, 0.3) is 0 Å². The van der Waals surface area contributed by atoms with Crippen LogP contribution in [-0.2, 0) is 14.2 Å². The quantitative estimate of drug-likeness (QED) is 0.461. The van der Waals surface area contributed by atoms with Gasteiger partial charge in [-0.15, -0.1) is 0 Å². The van der Waals surface area contributed by atoms with Gasteiger partial charge in [0.15, 0.2) is 0 Å². The van der Waals surface area contributed by atoms with Gasteiger partial charge in [-0.05, 0) is 18.8 Å². The molecule has 0 aliphatic heterocycles. The van der Waals surface area contributed by atoms with Gasteiger partial charge in [-0.1, -0.05) is 13.8 Å². The van der Waals surface area contributed by atoms with Crippen molar-refractivity contribution in [2.75, 3.05) is 12.3 Å². The molecule has 112 valence electrons. The van der Waals surface area contributed by atoms with Crippen LogP contribution in [0.1, 0.15) is 26.7 Å². The maximum atomic E-state index is 11.9. The van der Waals surface area contributed by atoms with Crippen LogP contribution in [0.5, 0.6) is 0 Å². The van der Waals surface area contributed by atoms with Gasteiger partial charge < -0.3 is 20.8 Å². The summed E-state index contributed by atoms with van der Waals surface area (Å²) in [5, 5.41) is 17.6. The highest BCUT2D eigenvalue weighted by Crippen LogP contribution is 2.44. The third-order valence-electron chi connectivity index (χ3n) is 2.72. The molecule has 0 spiro atoms. The van der Waals surface area contributed by atoms with Crippen LogP contribution in [0.2, 0.25) is 0 Å². The topological polar surface area (TPSA) is 138 Å². The lowest BCUT2D eigenvalue weighted by molar-refractivity contribution is -0.141. The summed E-state index contributed by atoms with van der Waals surface area (Å²) < 4.78 is 11.9. The van der Waals surface area contributed by atoms with E-state index in [1.165, 1.54) is 0 Å². The van der Waals surface area contributed by atoms with E-state index in [0.29, 0.717) is 6.42 Å². The van der Waals surface area contributed by atoms with Crippen molar-refractivity contribution < 1.29 is 29.3 Å². The Bertz CT molecular complexity index is 370. The summed E-state index contributed by atoms with van der Waals surface area (Å²) in [4.78, 5) is 31.2. The number of carbonyl (C=O) groups is 2. The highest BCUT2D eigenvalue weighted by atomic mass is 31.2. The van der Waals surface area contributed by atoms with Crippen molar-refractivity contribution in [2.24, 2.45) is 17.6 Å². The van der Waals surface area contributed by atoms with Gasteiger partial charge in [0.25, 0.3) is 0 Å². The summed E-state index contributed by atoms with van der Waals surface area (Å²) in [5.74, 6) is -3.14. The zero-order valence-corrected chi connectivity index (χ0v) is 12.0.